The number of benzene rings is 1. The zero-order chi connectivity index (χ0) is 13.1. The van der Waals surface area contributed by atoms with Crippen molar-refractivity contribution in [3.63, 3.8) is 0 Å². The molecule has 1 aromatic heterocycles. The van der Waals surface area contributed by atoms with Crippen molar-refractivity contribution >= 4 is 5.69 Å². The number of rotatable bonds is 4. The Hall–Kier alpha value is -1.84. The molecule has 4 nitrogen and oxygen atoms in total. The monoisotopic (exact) mass is 245 g/mol. The Morgan fingerprint density at radius 2 is 1.78 bits per heavy atom. The van der Waals surface area contributed by atoms with Crippen molar-refractivity contribution in [2.24, 2.45) is 0 Å². The molecule has 1 atom stereocenters. The molecular weight excluding hydrogens is 226 g/mol. The van der Waals surface area contributed by atoms with Gasteiger partial charge in [0.1, 0.15) is 6.04 Å². The van der Waals surface area contributed by atoms with Crippen LogP contribution < -0.4 is 5.32 Å². The maximum Gasteiger partial charge on any atom is 0.248 e. The van der Waals surface area contributed by atoms with Gasteiger partial charge < -0.3 is 9.84 Å². The summed E-state index contributed by atoms with van der Waals surface area (Å²) in [5.74, 6) is 1.82. The van der Waals surface area contributed by atoms with Gasteiger partial charge in [-0.25, -0.2) is 0 Å². The third kappa shape index (κ3) is 2.88. The summed E-state index contributed by atoms with van der Waals surface area (Å²) in [4.78, 5) is 4.21. The molecule has 0 radical (unpaired) electrons. The molecule has 1 N–H and O–H groups in total. The second-order valence-electron chi connectivity index (χ2n) is 4.82. The van der Waals surface area contributed by atoms with Crippen LogP contribution in [0.2, 0.25) is 0 Å². The fraction of sp³-hybridized carbons (Fsp3) is 0.429. The molecular formula is C14H19N3O. The molecule has 96 valence electrons. The second kappa shape index (κ2) is 5.21. The Labute approximate surface area is 107 Å². The number of anilines is 1. The molecule has 0 fully saturated rings. The molecule has 18 heavy (non-hydrogen) atoms. The molecule has 0 amide bonds. The van der Waals surface area contributed by atoms with Gasteiger partial charge in [0.15, 0.2) is 5.82 Å². The number of hydrogen-bond acceptors (Lipinski definition) is 4. The Bertz CT molecular complexity index is 502. The van der Waals surface area contributed by atoms with Gasteiger partial charge in [0.2, 0.25) is 5.89 Å². The van der Waals surface area contributed by atoms with Crippen LogP contribution >= 0.6 is 0 Å². The zero-order valence-electron chi connectivity index (χ0n) is 11.3. The van der Waals surface area contributed by atoms with Gasteiger partial charge in [-0.15, -0.1) is 0 Å². The van der Waals surface area contributed by atoms with E-state index in [0.717, 1.165) is 5.69 Å². The first-order valence-electron chi connectivity index (χ1n) is 6.23. The summed E-state index contributed by atoms with van der Waals surface area (Å²) in [5.41, 5.74) is 2.39. The minimum Gasteiger partial charge on any atom is -0.374 e. The summed E-state index contributed by atoms with van der Waals surface area (Å²) < 4.78 is 5.14. The van der Waals surface area contributed by atoms with Crippen LogP contribution in [0.4, 0.5) is 5.69 Å². The average Bonchev–Trinajstić information content (AvgIpc) is 2.76. The first-order chi connectivity index (χ1) is 8.56. The van der Waals surface area contributed by atoms with Crippen LogP contribution in [0.25, 0.3) is 0 Å². The Balaban J connectivity index is 2.05. The summed E-state index contributed by atoms with van der Waals surface area (Å²) in [5, 5.41) is 7.13. The van der Waals surface area contributed by atoms with Gasteiger partial charge in [0, 0.05) is 5.69 Å². The summed E-state index contributed by atoms with van der Waals surface area (Å²) in [6, 6.07) is 8.44. The van der Waals surface area contributed by atoms with E-state index in [1.807, 2.05) is 13.8 Å². The molecule has 2 rings (SSSR count). The highest BCUT2D eigenvalue weighted by Crippen LogP contribution is 2.21. The summed E-state index contributed by atoms with van der Waals surface area (Å²) in [7, 11) is 0. The maximum atomic E-state index is 5.14. The van der Waals surface area contributed by atoms with E-state index in [4.69, 9.17) is 4.52 Å². The standard InChI is InChI=1S/C14H19N3O/c1-9(2)12-5-7-13(8-6-12)15-10(3)14-16-11(4)17-18-14/h5-10,15H,1-4H3. The van der Waals surface area contributed by atoms with Crippen LogP contribution in [0.3, 0.4) is 0 Å². The smallest absolute Gasteiger partial charge is 0.248 e. The first-order valence-corrected chi connectivity index (χ1v) is 6.23. The van der Waals surface area contributed by atoms with Crippen LogP contribution in [0.1, 0.15) is 50.0 Å². The topological polar surface area (TPSA) is 51.0 Å². The van der Waals surface area contributed by atoms with Gasteiger partial charge in [-0.1, -0.05) is 31.1 Å². The lowest BCUT2D eigenvalue weighted by Gasteiger charge is -2.12. The average molecular weight is 245 g/mol. The number of aryl methyl sites for hydroxylation is 1. The van der Waals surface area contributed by atoms with Crippen LogP contribution in [-0.4, -0.2) is 10.1 Å². The van der Waals surface area contributed by atoms with E-state index in [1.165, 1.54) is 5.56 Å². The predicted molar refractivity (Wildman–Crippen MR) is 71.6 cm³/mol. The van der Waals surface area contributed by atoms with E-state index < -0.39 is 0 Å². The van der Waals surface area contributed by atoms with E-state index in [-0.39, 0.29) is 6.04 Å². The minimum atomic E-state index is 0.0103. The van der Waals surface area contributed by atoms with Crippen molar-refractivity contribution in [3.8, 4) is 0 Å². The molecule has 0 saturated carbocycles. The SMILES string of the molecule is Cc1noc(C(C)Nc2ccc(C(C)C)cc2)n1. The van der Waals surface area contributed by atoms with Gasteiger partial charge >= 0.3 is 0 Å². The first kappa shape index (κ1) is 12.6. The highest BCUT2D eigenvalue weighted by atomic mass is 16.5. The molecule has 1 aromatic carbocycles. The van der Waals surface area contributed by atoms with Crippen LogP contribution in [-0.2, 0) is 0 Å². The number of hydrogen-bond donors (Lipinski definition) is 1. The molecule has 0 aliphatic rings. The van der Waals surface area contributed by atoms with Gasteiger partial charge in [-0.3, -0.25) is 0 Å². The number of nitrogens with zero attached hydrogens (tertiary/aromatic N) is 2. The van der Waals surface area contributed by atoms with Crippen molar-refractivity contribution in [2.75, 3.05) is 5.32 Å². The predicted octanol–water partition coefficient (Wildman–Crippen LogP) is 3.67. The van der Waals surface area contributed by atoms with Crippen molar-refractivity contribution in [1.82, 2.24) is 10.1 Å². The number of nitrogens with one attached hydrogen (secondary N) is 1. The molecule has 0 saturated heterocycles. The second-order valence-corrected chi connectivity index (χ2v) is 4.82. The lowest BCUT2D eigenvalue weighted by Crippen LogP contribution is -2.07. The molecule has 1 unspecified atom stereocenters. The number of aromatic nitrogens is 2. The van der Waals surface area contributed by atoms with Crippen molar-refractivity contribution in [3.05, 3.63) is 41.5 Å². The fourth-order valence-electron chi connectivity index (χ4n) is 1.76. The normalized spacial score (nSPS) is 12.7. The Kier molecular flexibility index (Phi) is 3.65. The van der Waals surface area contributed by atoms with Gasteiger partial charge in [-0.2, -0.15) is 4.98 Å². The fourth-order valence-corrected chi connectivity index (χ4v) is 1.76. The van der Waals surface area contributed by atoms with Gasteiger partial charge in [0.05, 0.1) is 0 Å². The van der Waals surface area contributed by atoms with E-state index in [2.05, 4.69) is 53.6 Å². The maximum absolute atomic E-state index is 5.14. The van der Waals surface area contributed by atoms with Crippen LogP contribution in [0, 0.1) is 6.92 Å². The van der Waals surface area contributed by atoms with E-state index in [1.54, 1.807) is 0 Å². The third-order valence-electron chi connectivity index (χ3n) is 2.87. The van der Waals surface area contributed by atoms with E-state index >= 15 is 0 Å². The molecule has 0 aliphatic carbocycles. The Morgan fingerprint density at radius 3 is 2.28 bits per heavy atom. The van der Waals surface area contributed by atoms with Crippen molar-refractivity contribution in [2.45, 2.75) is 39.7 Å². The summed E-state index contributed by atoms with van der Waals surface area (Å²) in [6.07, 6.45) is 0. The molecule has 4 heteroatoms. The highest BCUT2D eigenvalue weighted by molar-refractivity contribution is 5.46. The summed E-state index contributed by atoms with van der Waals surface area (Å²) >= 11 is 0. The van der Waals surface area contributed by atoms with Crippen molar-refractivity contribution in [1.29, 1.82) is 0 Å². The Morgan fingerprint density at radius 1 is 1.11 bits per heavy atom. The van der Waals surface area contributed by atoms with Gasteiger partial charge in [0.25, 0.3) is 0 Å². The third-order valence-corrected chi connectivity index (χ3v) is 2.87. The van der Waals surface area contributed by atoms with E-state index in [0.29, 0.717) is 17.6 Å². The van der Waals surface area contributed by atoms with Crippen LogP contribution in [0.15, 0.2) is 28.8 Å². The lowest BCUT2D eigenvalue weighted by atomic mass is 10.0. The molecule has 0 aliphatic heterocycles. The summed E-state index contributed by atoms with van der Waals surface area (Å²) in [6.45, 7) is 8.19. The van der Waals surface area contributed by atoms with Crippen molar-refractivity contribution < 1.29 is 4.52 Å². The minimum absolute atomic E-state index is 0.0103. The molecule has 0 bridgehead atoms. The van der Waals surface area contributed by atoms with Crippen LogP contribution in [0.5, 0.6) is 0 Å². The quantitative estimate of drug-likeness (QED) is 0.892. The largest absolute Gasteiger partial charge is 0.374 e. The molecule has 0 spiro atoms. The molecule has 2 aromatic rings. The van der Waals surface area contributed by atoms with Gasteiger partial charge in [-0.05, 0) is 37.5 Å². The zero-order valence-corrected chi connectivity index (χ0v) is 11.3. The lowest BCUT2D eigenvalue weighted by molar-refractivity contribution is 0.364. The molecule has 1 heterocycles. The van der Waals surface area contributed by atoms with E-state index in [9.17, 15) is 0 Å². The highest BCUT2D eigenvalue weighted by Gasteiger charge is 2.12.